The Hall–Kier alpha value is -1.31. The number of sulfonamides is 1. The average molecular weight is 301 g/mol. The Balaban J connectivity index is 2.42. The molecule has 0 radical (unpaired) electrons. The van der Waals surface area contributed by atoms with Crippen LogP contribution in [0.25, 0.3) is 0 Å². The second kappa shape index (κ2) is 5.99. The van der Waals surface area contributed by atoms with E-state index in [0.29, 0.717) is 25.1 Å². The van der Waals surface area contributed by atoms with E-state index in [2.05, 4.69) is 0 Å². The Morgan fingerprint density at radius 1 is 1.30 bits per heavy atom. The molecule has 1 N–H and O–H groups in total. The highest BCUT2D eigenvalue weighted by Crippen LogP contribution is 2.31. The van der Waals surface area contributed by atoms with Crippen LogP contribution in [0.4, 0.5) is 0 Å². The van der Waals surface area contributed by atoms with Crippen LogP contribution in [0.5, 0.6) is 11.5 Å². The first kappa shape index (κ1) is 15.1. The Bertz CT molecular complexity index is 572. The van der Waals surface area contributed by atoms with E-state index < -0.39 is 16.1 Å². The zero-order chi connectivity index (χ0) is 14.8. The van der Waals surface area contributed by atoms with E-state index in [1.807, 2.05) is 0 Å². The van der Waals surface area contributed by atoms with Crippen LogP contribution in [0.2, 0.25) is 0 Å². The quantitative estimate of drug-likeness (QED) is 0.892. The number of nitrogens with zero attached hydrogens (tertiary/aromatic N) is 1. The van der Waals surface area contributed by atoms with Crippen molar-refractivity contribution in [3.05, 3.63) is 18.2 Å². The van der Waals surface area contributed by atoms with Crippen molar-refractivity contribution in [2.24, 2.45) is 0 Å². The molecule has 0 spiro atoms. The lowest BCUT2D eigenvalue weighted by Crippen LogP contribution is -2.42. The van der Waals surface area contributed by atoms with Gasteiger partial charge in [0.25, 0.3) is 0 Å². The summed E-state index contributed by atoms with van der Waals surface area (Å²) in [4.78, 5) is 0.0634. The summed E-state index contributed by atoms with van der Waals surface area (Å²) >= 11 is 0. The molecule has 1 saturated heterocycles. The van der Waals surface area contributed by atoms with Crippen molar-refractivity contribution in [2.45, 2.75) is 23.8 Å². The highest BCUT2D eigenvalue weighted by atomic mass is 32.2. The minimum atomic E-state index is -3.70. The van der Waals surface area contributed by atoms with Crippen LogP contribution in [0.3, 0.4) is 0 Å². The molecule has 1 aromatic carbocycles. The van der Waals surface area contributed by atoms with Crippen LogP contribution >= 0.6 is 0 Å². The molecular weight excluding hydrogens is 282 g/mol. The highest BCUT2D eigenvalue weighted by molar-refractivity contribution is 7.89. The predicted octanol–water partition coefficient (Wildman–Crippen LogP) is 0.849. The lowest BCUT2D eigenvalue weighted by atomic mass is 10.1. The molecule has 1 aromatic rings. The van der Waals surface area contributed by atoms with Gasteiger partial charge >= 0.3 is 0 Å². The Morgan fingerprint density at radius 2 is 2.05 bits per heavy atom. The number of hydrogen-bond donors (Lipinski definition) is 1. The van der Waals surface area contributed by atoms with Crippen LogP contribution < -0.4 is 9.47 Å². The van der Waals surface area contributed by atoms with Crippen molar-refractivity contribution in [1.82, 2.24) is 4.31 Å². The number of benzene rings is 1. The van der Waals surface area contributed by atoms with E-state index in [0.717, 1.165) is 0 Å². The van der Waals surface area contributed by atoms with Crippen molar-refractivity contribution >= 4 is 10.0 Å². The summed E-state index contributed by atoms with van der Waals surface area (Å²) in [5.74, 6) is 0.716. The van der Waals surface area contributed by atoms with Gasteiger partial charge in [0.1, 0.15) is 16.4 Å². The van der Waals surface area contributed by atoms with Gasteiger partial charge in [0.2, 0.25) is 10.0 Å². The first-order valence-corrected chi connectivity index (χ1v) is 7.83. The van der Waals surface area contributed by atoms with E-state index in [1.54, 1.807) is 12.1 Å². The number of aliphatic hydroxyl groups is 1. The molecule has 2 rings (SSSR count). The van der Waals surface area contributed by atoms with Crippen LogP contribution in [-0.2, 0) is 10.0 Å². The smallest absolute Gasteiger partial charge is 0.246 e. The first-order valence-electron chi connectivity index (χ1n) is 6.39. The SMILES string of the molecule is COc1ccc(OC)c(S(=O)(=O)N2CCCC(O)C2)c1. The molecule has 1 heterocycles. The van der Waals surface area contributed by atoms with Gasteiger partial charge in [0, 0.05) is 19.2 Å². The number of methoxy groups -OCH3 is 2. The zero-order valence-corrected chi connectivity index (χ0v) is 12.4. The third-order valence-electron chi connectivity index (χ3n) is 3.35. The van der Waals surface area contributed by atoms with Gasteiger partial charge in [0.15, 0.2) is 0 Å². The number of β-amino-alcohol motifs (C(OH)–C–C–N with tert-alkyl or cyclic N) is 1. The second-order valence-corrected chi connectivity index (χ2v) is 6.58. The monoisotopic (exact) mass is 301 g/mol. The molecule has 1 aliphatic rings. The molecule has 0 bridgehead atoms. The average Bonchev–Trinajstić information content (AvgIpc) is 2.46. The molecule has 1 fully saturated rings. The van der Waals surface area contributed by atoms with E-state index >= 15 is 0 Å². The molecule has 1 aliphatic heterocycles. The summed E-state index contributed by atoms with van der Waals surface area (Å²) in [6.45, 7) is 0.516. The lowest BCUT2D eigenvalue weighted by molar-refractivity contribution is 0.108. The largest absolute Gasteiger partial charge is 0.497 e. The van der Waals surface area contributed by atoms with Crippen LogP contribution in [0.15, 0.2) is 23.1 Å². The number of rotatable bonds is 4. The standard InChI is InChI=1S/C13H19NO5S/c1-18-11-5-6-12(19-2)13(8-11)20(16,17)14-7-3-4-10(15)9-14/h5-6,8,10,15H,3-4,7,9H2,1-2H3. The summed E-state index contributed by atoms with van der Waals surface area (Å²) < 4.78 is 36.8. The topological polar surface area (TPSA) is 76.1 Å². The molecule has 7 heteroatoms. The van der Waals surface area contributed by atoms with Gasteiger partial charge in [0.05, 0.1) is 20.3 Å². The molecule has 0 saturated carbocycles. The maximum Gasteiger partial charge on any atom is 0.246 e. The van der Waals surface area contributed by atoms with Gasteiger partial charge in [-0.05, 0) is 25.0 Å². The summed E-state index contributed by atoms with van der Waals surface area (Å²) in [5.41, 5.74) is 0. The maximum absolute atomic E-state index is 12.7. The van der Waals surface area contributed by atoms with Gasteiger partial charge in [-0.15, -0.1) is 0 Å². The third-order valence-corrected chi connectivity index (χ3v) is 5.23. The molecule has 0 aromatic heterocycles. The Labute approximate surface area is 119 Å². The van der Waals surface area contributed by atoms with Crippen molar-refractivity contribution in [3.8, 4) is 11.5 Å². The molecule has 112 valence electrons. The fraction of sp³-hybridized carbons (Fsp3) is 0.538. The number of hydrogen-bond acceptors (Lipinski definition) is 5. The van der Waals surface area contributed by atoms with Crippen molar-refractivity contribution in [2.75, 3.05) is 27.3 Å². The Morgan fingerprint density at radius 3 is 2.65 bits per heavy atom. The summed E-state index contributed by atoms with van der Waals surface area (Å²) in [6.07, 6.45) is 0.656. The highest BCUT2D eigenvalue weighted by Gasteiger charge is 2.32. The summed E-state index contributed by atoms with van der Waals surface area (Å²) in [7, 11) is -0.804. The van der Waals surface area contributed by atoms with E-state index in [4.69, 9.17) is 9.47 Å². The van der Waals surface area contributed by atoms with Gasteiger partial charge in [-0.25, -0.2) is 8.42 Å². The van der Waals surface area contributed by atoms with Crippen molar-refractivity contribution < 1.29 is 23.0 Å². The minimum Gasteiger partial charge on any atom is -0.497 e. The molecule has 1 atom stereocenters. The fourth-order valence-corrected chi connectivity index (χ4v) is 3.95. The summed E-state index contributed by atoms with van der Waals surface area (Å²) in [5, 5.41) is 9.66. The molecular formula is C13H19NO5S. The van der Waals surface area contributed by atoms with E-state index in [1.165, 1.54) is 24.6 Å². The van der Waals surface area contributed by atoms with Crippen molar-refractivity contribution in [3.63, 3.8) is 0 Å². The molecule has 1 unspecified atom stereocenters. The zero-order valence-electron chi connectivity index (χ0n) is 11.6. The number of ether oxygens (including phenoxy) is 2. The molecule has 0 aliphatic carbocycles. The van der Waals surface area contributed by atoms with E-state index in [-0.39, 0.29) is 17.2 Å². The molecule has 0 amide bonds. The lowest BCUT2D eigenvalue weighted by Gasteiger charge is -2.29. The summed E-state index contributed by atoms with van der Waals surface area (Å²) in [6, 6.07) is 4.64. The second-order valence-electron chi connectivity index (χ2n) is 4.68. The maximum atomic E-state index is 12.7. The van der Waals surface area contributed by atoms with Gasteiger partial charge in [-0.2, -0.15) is 4.31 Å². The molecule has 20 heavy (non-hydrogen) atoms. The van der Waals surface area contributed by atoms with Gasteiger partial charge < -0.3 is 14.6 Å². The number of piperidine rings is 1. The first-order chi connectivity index (χ1) is 9.48. The minimum absolute atomic E-state index is 0.0634. The Kier molecular flexibility index (Phi) is 4.52. The van der Waals surface area contributed by atoms with Gasteiger partial charge in [-0.1, -0.05) is 0 Å². The van der Waals surface area contributed by atoms with Crippen molar-refractivity contribution in [1.29, 1.82) is 0 Å². The number of aliphatic hydroxyl groups excluding tert-OH is 1. The molecule has 6 nitrogen and oxygen atoms in total. The fourth-order valence-electron chi connectivity index (χ4n) is 2.26. The van der Waals surface area contributed by atoms with Crippen LogP contribution in [0, 0.1) is 0 Å². The van der Waals surface area contributed by atoms with Gasteiger partial charge in [-0.3, -0.25) is 0 Å². The third kappa shape index (κ3) is 2.89. The van der Waals surface area contributed by atoms with Crippen LogP contribution in [0.1, 0.15) is 12.8 Å². The van der Waals surface area contributed by atoms with Crippen LogP contribution in [-0.4, -0.2) is 51.2 Å². The predicted molar refractivity (Wildman–Crippen MR) is 73.5 cm³/mol. The normalized spacial score (nSPS) is 20.6. The van der Waals surface area contributed by atoms with E-state index in [9.17, 15) is 13.5 Å².